The van der Waals surface area contributed by atoms with E-state index in [0.29, 0.717) is 10.6 Å². The van der Waals surface area contributed by atoms with Gasteiger partial charge in [0, 0.05) is 41.4 Å². The van der Waals surface area contributed by atoms with Crippen molar-refractivity contribution in [3.63, 3.8) is 0 Å². The summed E-state index contributed by atoms with van der Waals surface area (Å²) in [6.07, 6.45) is 3.48. The number of nitrogens with one attached hydrogen (secondary N) is 1. The fourth-order valence-corrected chi connectivity index (χ4v) is 3.83. The average molecular weight is 396 g/mol. The fraction of sp³-hybridized carbons (Fsp3) is 0.200. The van der Waals surface area contributed by atoms with Crippen LogP contribution >= 0.6 is 11.8 Å². The molecule has 8 heteroatoms. The number of carbonyl (C=O) groups is 1. The second kappa shape index (κ2) is 7.85. The minimum atomic E-state index is -0.657. The van der Waals surface area contributed by atoms with E-state index in [4.69, 9.17) is 0 Å². The van der Waals surface area contributed by atoms with Gasteiger partial charge in [-0.1, -0.05) is 23.9 Å². The highest BCUT2D eigenvalue weighted by Gasteiger charge is 2.27. The van der Waals surface area contributed by atoms with Gasteiger partial charge in [-0.15, -0.1) is 0 Å². The van der Waals surface area contributed by atoms with Crippen LogP contribution in [0, 0.1) is 10.1 Å². The van der Waals surface area contributed by atoms with Crippen LogP contribution < -0.4 is 5.32 Å². The summed E-state index contributed by atoms with van der Waals surface area (Å²) in [6.45, 7) is 3.78. The lowest BCUT2D eigenvalue weighted by atomic mass is 9.99. The minimum absolute atomic E-state index is 0.0169. The lowest BCUT2D eigenvalue weighted by Gasteiger charge is -2.26. The molecule has 144 valence electrons. The molecule has 7 nitrogen and oxygen atoms in total. The van der Waals surface area contributed by atoms with E-state index in [9.17, 15) is 14.9 Å². The molecule has 0 spiro atoms. The zero-order valence-electron chi connectivity index (χ0n) is 15.7. The van der Waals surface area contributed by atoms with Crippen LogP contribution in [0.15, 0.2) is 70.7 Å². The molecule has 1 aromatic carbocycles. The smallest absolute Gasteiger partial charge is 0.270 e. The van der Waals surface area contributed by atoms with Crippen molar-refractivity contribution in [2.24, 2.45) is 7.05 Å². The van der Waals surface area contributed by atoms with E-state index in [2.05, 4.69) is 10.3 Å². The van der Waals surface area contributed by atoms with Gasteiger partial charge in [-0.2, -0.15) is 0 Å². The van der Waals surface area contributed by atoms with Crippen LogP contribution in [0.1, 0.15) is 30.0 Å². The number of aryl methyl sites for hydroxylation is 1. The summed E-state index contributed by atoms with van der Waals surface area (Å²) in [5.41, 5.74) is 0.602. The van der Waals surface area contributed by atoms with E-state index in [1.54, 1.807) is 36.1 Å². The average Bonchev–Trinajstić information content (AvgIpc) is 3.02. The number of hydrogen-bond acceptors (Lipinski definition) is 5. The van der Waals surface area contributed by atoms with Crippen LogP contribution in [0.5, 0.6) is 0 Å². The van der Waals surface area contributed by atoms with Crippen LogP contribution in [0.25, 0.3) is 0 Å². The maximum Gasteiger partial charge on any atom is 0.270 e. The van der Waals surface area contributed by atoms with Gasteiger partial charge in [0.25, 0.3) is 11.6 Å². The molecular weight excluding hydrogens is 376 g/mol. The van der Waals surface area contributed by atoms with Gasteiger partial charge in [0.2, 0.25) is 0 Å². The molecule has 0 aliphatic heterocycles. The standard InChI is InChI=1S/C20H20N4O3S/c1-20(2,17-9-4-5-11-21-17)22-19(25)18-16(10-12-23(18)3)28-15-8-6-7-14(13-15)24(26)27/h4-13H,1-3H3,(H,22,25). The Kier molecular flexibility index (Phi) is 5.51. The number of pyridine rings is 1. The number of nitrogens with zero attached hydrogens (tertiary/aromatic N) is 3. The van der Waals surface area contributed by atoms with Crippen molar-refractivity contribution in [1.29, 1.82) is 0 Å². The van der Waals surface area contributed by atoms with Gasteiger partial charge in [-0.3, -0.25) is 19.9 Å². The maximum atomic E-state index is 13.0. The lowest BCUT2D eigenvalue weighted by molar-refractivity contribution is -0.385. The molecular formula is C20H20N4O3S. The molecule has 3 aromatic rings. The molecule has 0 aliphatic carbocycles. The first kappa shape index (κ1) is 19.6. The normalized spacial score (nSPS) is 11.2. The first-order chi connectivity index (χ1) is 13.3. The highest BCUT2D eigenvalue weighted by Crippen LogP contribution is 2.33. The molecule has 0 saturated heterocycles. The van der Waals surface area contributed by atoms with Crippen LogP contribution in [0.3, 0.4) is 0 Å². The largest absolute Gasteiger partial charge is 0.346 e. The summed E-state index contributed by atoms with van der Waals surface area (Å²) in [4.78, 5) is 29.3. The van der Waals surface area contributed by atoms with Gasteiger partial charge >= 0.3 is 0 Å². The Morgan fingerprint density at radius 1 is 1.21 bits per heavy atom. The number of rotatable bonds is 6. The van der Waals surface area contributed by atoms with E-state index >= 15 is 0 Å². The number of hydrogen-bond donors (Lipinski definition) is 1. The Balaban J connectivity index is 1.85. The van der Waals surface area contributed by atoms with Crippen molar-refractivity contribution in [1.82, 2.24) is 14.9 Å². The number of carbonyl (C=O) groups excluding carboxylic acids is 1. The number of benzene rings is 1. The van der Waals surface area contributed by atoms with Gasteiger partial charge in [0.15, 0.2) is 0 Å². The van der Waals surface area contributed by atoms with Gasteiger partial charge in [-0.05, 0) is 38.1 Å². The Labute approximate surface area is 166 Å². The van der Waals surface area contributed by atoms with Crippen molar-refractivity contribution in [2.75, 3.05) is 0 Å². The first-order valence-electron chi connectivity index (χ1n) is 8.59. The molecule has 1 N–H and O–H groups in total. The zero-order valence-corrected chi connectivity index (χ0v) is 16.6. The molecule has 0 aliphatic rings. The highest BCUT2D eigenvalue weighted by molar-refractivity contribution is 7.99. The summed E-state index contributed by atoms with van der Waals surface area (Å²) in [6, 6.07) is 13.7. The van der Waals surface area contributed by atoms with E-state index in [-0.39, 0.29) is 11.6 Å². The van der Waals surface area contributed by atoms with Crippen LogP contribution in [0.2, 0.25) is 0 Å². The third kappa shape index (κ3) is 4.23. The van der Waals surface area contributed by atoms with E-state index in [1.807, 2.05) is 38.1 Å². The van der Waals surface area contributed by atoms with Gasteiger partial charge in [0.1, 0.15) is 5.69 Å². The minimum Gasteiger partial charge on any atom is -0.346 e. The van der Waals surface area contributed by atoms with Crippen molar-refractivity contribution < 1.29 is 9.72 Å². The molecule has 0 unspecified atom stereocenters. The van der Waals surface area contributed by atoms with Gasteiger partial charge < -0.3 is 9.88 Å². The van der Waals surface area contributed by atoms with Crippen molar-refractivity contribution in [2.45, 2.75) is 29.2 Å². The van der Waals surface area contributed by atoms with Crippen molar-refractivity contribution in [3.05, 3.63) is 82.4 Å². The topological polar surface area (TPSA) is 90.1 Å². The SMILES string of the molecule is Cn1ccc(Sc2cccc([N+](=O)[O-])c2)c1C(=O)NC(C)(C)c1ccccn1. The summed E-state index contributed by atoms with van der Waals surface area (Å²) in [5.74, 6) is -0.240. The third-order valence-electron chi connectivity index (χ3n) is 4.24. The van der Waals surface area contributed by atoms with E-state index in [1.165, 1.54) is 23.9 Å². The summed E-state index contributed by atoms with van der Waals surface area (Å²) >= 11 is 1.32. The Morgan fingerprint density at radius 3 is 2.68 bits per heavy atom. The fourth-order valence-electron chi connectivity index (χ4n) is 2.79. The second-order valence-electron chi connectivity index (χ2n) is 6.79. The van der Waals surface area contributed by atoms with Gasteiger partial charge in [0.05, 0.1) is 16.2 Å². The van der Waals surface area contributed by atoms with Crippen molar-refractivity contribution in [3.8, 4) is 0 Å². The highest BCUT2D eigenvalue weighted by atomic mass is 32.2. The lowest BCUT2D eigenvalue weighted by Crippen LogP contribution is -2.42. The molecule has 0 bridgehead atoms. The van der Waals surface area contributed by atoms with Crippen LogP contribution in [-0.2, 0) is 12.6 Å². The molecule has 0 fully saturated rings. The predicted octanol–water partition coefficient (Wildman–Crippen LogP) is 4.14. The summed E-state index contributed by atoms with van der Waals surface area (Å²) in [5, 5.41) is 14.0. The Morgan fingerprint density at radius 2 is 2.00 bits per heavy atom. The van der Waals surface area contributed by atoms with Crippen LogP contribution in [-0.4, -0.2) is 20.4 Å². The third-order valence-corrected chi connectivity index (χ3v) is 5.28. The molecule has 2 heterocycles. The molecule has 0 radical (unpaired) electrons. The van der Waals surface area contributed by atoms with Crippen LogP contribution in [0.4, 0.5) is 5.69 Å². The number of aromatic nitrogens is 2. The van der Waals surface area contributed by atoms with E-state index in [0.717, 1.165) is 10.6 Å². The van der Waals surface area contributed by atoms with Crippen molar-refractivity contribution >= 4 is 23.4 Å². The molecule has 3 rings (SSSR count). The molecule has 2 aromatic heterocycles. The first-order valence-corrected chi connectivity index (χ1v) is 9.41. The number of amides is 1. The van der Waals surface area contributed by atoms with Gasteiger partial charge in [-0.25, -0.2) is 0 Å². The monoisotopic (exact) mass is 396 g/mol. The molecule has 1 amide bonds. The number of non-ortho nitro benzene ring substituents is 1. The number of nitro benzene ring substituents is 1. The second-order valence-corrected chi connectivity index (χ2v) is 7.91. The Hall–Kier alpha value is -3.13. The quantitative estimate of drug-likeness (QED) is 0.499. The molecule has 28 heavy (non-hydrogen) atoms. The number of nitro groups is 1. The maximum absolute atomic E-state index is 13.0. The Bertz CT molecular complexity index is 1020. The van der Waals surface area contributed by atoms with E-state index < -0.39 is 10.5 Å². The molecule has 0 atom stereocenters. The predicted molar refractivity (Wildman–Crippen MR) is 107 cm³/mol. The summed E-state index contributed by atoms with van der Waals surface area (Å²) < 4.78 is 1.74. The molecule has 0 saturated carbocycles. The summed E-state index contributed by atoms with van der Waals surface area (Å²) in [7, 11) is 1.79. The zero-order chi connectivity index (χ0) is 20.3.